The number of aliphatic hydroxyl groups excluding tert-OH is 1. The lowest BCUT2D eigenvalue weighted by atomic mass is 10.1. The van der Waals surface area contributed by atoms with Crippen molar-refractivity contribution in [2.75, 3.05) is 47.5 Å². The Hall–Kier alpha value is -0.760. The van der Waals surface area contributed by atoms with Crippen LogP contribution < -0.4 is 4.89 Å². The third-order valence-corrected chi connectivity index (χ3v) is 6.73. The summed E-state index contributed by atoms with van der Waals surface area (Å²) in [4.78, 5) is 23.5. The molecule has 0 aliphatic heterocycles. The largest absolute Gasteiger partial charge is 0.756 e. The molecular formula is C27H54NO7P. The minimum absolute atomic E-state index is 0.00856. The minimum atomic E-state index is -4.49. The van der Waals surface area contributed by atoms with E-state index in [0.29, 0.717) is 17.4 Å². The molecule has 0 spiro atoms. The number of esters is 1. The number of carbonyl (C=O) groups is 1. The number of allylic oxidation sites excluding steroid dienone is 2. The number of carbonyl (C=O) groups excluding carboxylic acids is 1. The fraction of sp³-hybridized carbons (Fsp3) is 0.889. The van der Waals surface area contributed by atoms with Gasteiger partial charge in [0.05, 0.1) is 27.7 Å². The van der Waals surface area contributed by atoms with Gasteiger partial charge in [0.15, 0.2) is 0 Å². The van der Waals surface area contributed by atoms with Crippen LogP contribution in [0.15, 0.2) is 12.2 Å². The summed E-state index contributed by atoms with van der Waals surface area (Å²) in [5.74, 6) is -0.396. The average Bonchev–Trinajstić information content (AvgIpc) is 2.80. The molecule has 1 N–H and O–H groups in total. The van der Waals surface area contributed by atoms with Crippen LogP contribution in [0.4, 0.5) is 0 Å². The molecule has 8 nitrogen and oxygen atoms in total. The van der Waals surface area contributed by atoms with E-state index in [4.69, 9.17) is 9.26 Å². The molecular weight excluding hydrogens is 481 g/mol. The number of unbranched alkanes of at least 4 members (excludes halogenated alkanes) is 12. The van der Waals surface area contributed by atoms with Crippen molar-refractivity contribution in [3.05, 3.63) is 12.2 Å². The zero-order chi connectivity index (χ0) is 27.1. The van der Waals surface area contributed by atoms with Gasteiger partial charge >= 0.3 is 5.97 Å². The van der Waals surface area contributed by atoms with Gasteiger partial charge in [0.25, 0.3) is 7.82 Å². The predicted molar refractivity (Wildman–Crippen MR) is 143 cm³/mol. The molecule has 0 amide bonds. The molecule has 0 aliphatic carbocycles. The molecule has 0 fully saturated rings. The van der Waals surface area contributed by atoms with Crippen molar-refractivity contribution in [1.29, 1.82) is 0 Å². The van der Waals surface area contributed by atoms with Gasteiger partial charge in [-0.15, -0.1) is 0 Å². The third-order valence-electron chi connectivity index (χ3n) is 5.77. The standard InChI is InChI=1S/C27H54NO7P/c1-5-6-7-8-9-10-11-12-13-14-15-16-17-18-19-20-21-27(30)33-24-26(29)25-35-36(31,32)34-23-22-28(2,3)4/h13-14,26,29H,5-12,15-25H2,1-4H3/b14-13-/t26-/m1/s1. The number of phosphoric ester groups is 1. The van der Waals surface area contributed by atoms with E-state index in [9.17, 15) is 19.4 Å². The highest BCUT2D eigenvalue weighted by molar-refractivity contribution is 7.45. The van der Waals surface area contributed by atoms with E-state index in [2.05, 4.69) is 23.6 Å². The first-order valence-electron chi connectivity index (χ1n) is 13.9. The highest BCUT2D eigenvalue weighted by Gasteiger charge is 2.16. The van der Waals surface area contributed by atoms with E-state index >= 15 is 0 Å². The Morgan fingerprint density at radius 1 is 0.861 bits per heavy atom. The smallest absolute Gasteiger partial charge is 0.305 e. The van der Waals surface area contributed by atoms with Gasteiger partial charge in [0, 0.05) is 6.42 Å². The zero-order valence-electron chi connectivity index (χ0n) is 23.5. The summed E-state index contributed by atoms with van der Waals surface area (Å²) in [6.07, 6.45) is 20.6. The molecule has 0 bridgehead atoms. The number of hydrogen-bond acceptors (Lipinski definition) is 7. The summed E-state index contributed by atoms with van der Waals surface area (Å²) < 4.78 is 26.7. The summed E-state index contributed by atoms with van der Waals surface area (Å²) in [5, 5.41) is 9.80. The molecule has 2 atom stereocenters. The van der Waals surface area contributed by atoms with Gasteiger partial charge < -0.3 is 28.3 Å². The third kappa shape index (κ3) is 26.3. The molecule has 0 rings (SSSR count). The highest BCUT2D eigenvalue weighted by atomic mass is 31.2. The molecule has 36 heavy (non-hydrogen) atoms. The van der Waals surface area contributed by atoms with Crippen LogP contribution in [0.2, 0.25) is 0 Å². The maximum absolute atomic E-state index is 11.8. The molecule has 214 valence electrons. The monoisotopic (exact) mass is 535 g/mol. The van der Waals surface area contributed by atoms with E-state index in [-0.39, 0.29) is 13.2 Å². The molecule has 0 aliphatic rings. The topological polar surface area (TPSA) is 105 Å². The van der Waals surface area contributed by atoms with Gasteiger partial charge in [-0.1, -0.05) is 76.9 Å². The number of nitrogens with zero attached hydrogens (tertiary/aromatic N) is 1. The normalized spacial score (nSPS) is 14.7. The Balaban J connectivity index is 3.57. The Bertz CT molecular complexity index is 607. The Kier molecular flexibility index (Phi) is 21.8. The van der Waals surface area contributed by atoms with Gasteiger partial charge in [-0.25, -0.2) is 0 Å². The molecule has 0 saturated heterocycles. The van der Waals surface area contributed by atoms with Crippen molar-refractivity contribution < 1.29 is 37.6 Å². The van der Waals surface area contributed by atoms with Crippen molar-refractivity contribution in [2.45, 2.75) is 109 Å². The van der Waals surface area contributed by atoms with Crippen molar-refractivity contribution in [3.63, 3.8) is 0 Å². The van der Waals surface area contributed by atoms with Crippen LogP contribution in [-0.4, -0.2) is 69.2 Å². The molecule has 0 aromatic carbocycles. The highest BCUT2D eigenvalue weighted by Crippen LogP contribution is 2.38. The second-order valence-electron chi connectivity index (χ2n) is 10.6. The van der Waals surface area contributed by atoms with Crippen LogP contribution in [0.1, 0.15) is 103 Å². The fourth-order valence-corrected chi connectivity index (χ4v) is 4.20. The van der Waals surface area contributed by atoms with E-state index in [1.165, 1.54) is 57.8 Å². The van der Waals surface area contributed by atoms with Crippen molar-refractivity contribution in [2.24, 2.45) is 0 Å². The number of ether oxygens (including phenoxy) is 1. The van der Waals surface area contributed by atoms with Gasteiger partial charge in [0.1, 0.15) is 25.9 Å². The maximum Gasteiger partial charge on any atom is 0.305 e. The van der Waals surface area contributed by atoms with Gasteiger partial charge in [-0.3, -0.25) is 9.36 Å². The number of aliphatic hydroxyl groups is 1. The van der Waals surface area contributed by atoms with Crippen molar-refractivity contribution in [3.8, 4) is 0 Å². The van der Waals surface area contributed by atoms with Crippen molar-refractivity contribution >= 4 is 13.8 Å². The van der Waals surface area contributed by atoms with E-state index < -0.39 is 26.5 Å². The second-order valence-corrected chi connectivity index (χ2v) is 12.0. The molecule has 0 radical (unpaired) electrons. The van der Waals surface area contributed by atoms with Crippen LogP contribution in [0.25, 0.3) is 0 Å². The van der Waals surface area contributed by atoms with Crippen LogP contribution in [0.3, 0.4) is 0 Å². The van der Waals surface area contributed by atoms with Gasteiger partial charge in [0.2, 0.25) is 0 Å². The van der Waals surface area contributed by atoms with Crippen LogP contribution in [0.5, 0.6) is 0 Å². The lowest BCUT2D eigenvalue weighted by molar-refractivity contribution is -0.870. The first-order valence-corrected chi connectivity index (χ1v) is 15.4. The number of hydrogen-bond donors (Lipinski definition) is 1. The SMILES string of the molecule is CCCCCCCCC/C=C\CCCCCCCC(=O)OC[C@@H](O)COP(=O)([O-])OCC[N+](C)(C)C. The Morgan fingerprint density at radius 2 is 1.39 bits per heavy atom. The Morgan fingerprint density at radius 3 is 1.94 bits per heavy atom. The first-order chi connectivity index (χ1) is 17.1. The lowest BCUT2D eigenvalue weighted by Gasteiger charge is -2.27. The number of likely N-dealkylation sites (N-methyl/N-ethyl adjacent to an activating group) is 1. The van der Waals surface area contributed by atoms with E-state index in [1.54, 1.807) is 0 Å². The predicted octanol–water partition coefficient (Wildman–Crippen LogP) is 5.53. The maximum atomic E-state index is 11.8. The number of rotatable bonds is 25. The Labute approximate surface area is 220 Å². The summed E-state index contributed by atoms with van der Waals surface area (Å²) >= 11 is 0. The molecule has 9 heteroatoms. The quantitative estimate of drug-likeness (QED) is 0.0539. The lowest BCUT2D eigenvalue weighted by Crippen LogP contribution is -2.37. The fourth-order valence-electron chi connectivity index (χ4n) is 3.47. The van der Waals surface area contributed by atoms with E-state index in [1.807, 2.05) is 21.1 Å². The molecule has 1 unspecified atom stereocenters. The van der Waals surface area contributed by atoms with Crippen LogP contribution >= 0.6 is 7.82 Å². The summed E-state index contributed by atoms with van der Waals surface area (Å²) in [6, 6.07) is 0. The molecule has 0 aromatic heterocycles. The second kappa shape index (κ2) is 22.2. The van der Waals surface area contributed by atoms with Gasteiger partial charge in [-0.05, 0) is 32.1 Å². The first kappa shape index (κ1) is 35.2. The number of phosphoric acid groups is 1. The van der Waals surface area contributed by atoms with Gasteiger partial charge in [-0.2, -0.15) is 0 Å². The summed E-state index contributed by atoms with van der Waals surface area (Å²) in [5.41, 5.74) is 0. The summed E-state index contributed by atoms with van der Waals surface area (Å²) in [6.45, 7) is 1.92. The molecule has 0 heterocycles. The molecule has 0 saturated carbocycles. The summed E-state index contributed by atoms with van der Waals surface area (Å²) in [7, 11) is 1.25. The molecule has 0 aromatic rings. The minimum Gasteiger partial charge on any atom is -0.756 e. The van der Waals surface area contributed by atoms with E-state index in [0.717, 1.165) is 32.1 Å². The average molecular weight is 536 g/mol. The van der Waals surface area contributed by atoms with Crippen molar-refractivity contribution in [1.82, 2.24) is 0 Å². The zero-order valence-corrected chi connectivity index (χ0v) is 24.4. The van der Waals surface area contributed by atoms with Crippen LogP contribution in [0, 0.1) is 0 Å². The van der Waals surface area contributed by atoms with Crippen LogP contribution in [-0.2, 0) is 23.1 Å². The number of quaternary nitrogens is 1.